The van der Waals surface area contributed by atoms with Crippen LogP contribution in [0, 0.1) is 6.92 Å². The summed E-state index contributed by atoms with van der Waals surface area (Å²) in [6.07, 6.45) is 6.59. The van der Waals surface area contributed by atoms with Gasteiger partial charge >= 0.3 is 0 Å². The zero-order valence-electron chi connectivity index (χ0n) is 17.6. The van der Waals surface area contributed by atoms with Crippen LogP contribution in [-0.2, 0) is 17.7 Å². The number of hydrogen-bond donors (Lipinski definition) is 1. The van der Waals surface area contributed by atoms with E-state index in [9.17, 15) is 4.79 Å². The minimum absolute atomic E-state index is 0.0173. The summed E-state index contributed by atoms with van der Waals surface area (Å²) < 4.78 is 6.27. The van der Waals surface area contributed by atoms with E-state index >= 15 is 0 Å². The Morgan fingerprint density at radius 2 is 2.17 bits per heavy atom. The Kier molecular flexibility index (Phi) is 7.15. The van der Waals surface area contributed by atoms with Gasteiger partial charge in [0.1, 0.15) is 0 Å². The molecule has 30 heavy (non-hydrogen) atoms. The first-order chi connectivity index (χ1) is 14.7. The number of thiophene rings is 1. The van der Waals surface area contributed by atoms with E-state index in [4.69, 9.17) is 4.74 Å². The molecule has 1 unspecified atom stereocenters. The van der Waals surface area contributed by atoms with E-state index in [-0.39, 0.29) is 5.91 Å². The fraction of sp³-hybridized carbons (Fsp3) is 0.478. The Morgan fingerprint density at radius 3 is 2.97 bits per heavy atom. The molecule has 0 radical (unpaired) electrons. The summed E-state index contributed by atoms with van der Waals surface area (Å²) in [5.74, 6) is 0.0173. The molecule has 7 heteroatoms. The predicted octanol–water partition coefficient (Wildman–Crippen LogP) is 4.64. The quantitative estimate of drug-likeness (QED) is 0.515. The molecule has 4 rings (SSSR count). The lowest BCUT2D eigenvalue weighted by Gasteiger charge is -2.35. The zero-order valence-corrected chi connectivity index (χ0v) is 19.3. The van der Waals surface area contributed by atoms with Crippen molar-refractivity contribution < 1.29 is 9.53 Å². The third-order valence-corrected chi connectivity index (χ3v) is 7.82. The monoisotopic (exact) mass is 443 g/mol. The van der Waals surface area contributed by atoms with Crippen molar-refractivity contribution in [1.29, 1.82) is 0 Å². The summed E-state index contributed by atoms with van der Waals surface area (Å²) in [5.41, 5.74) is 1.20. The second-order valence-corrected chi connectivity index (χ2v) is 10.2. The third-order valence-electron chi connectivity index (χ3n) is 5.71. The zero-order chi connectivity index (χ0) is 20.9. The summed E-state index contributed by atoms with van der Waals surface area (Å²) in [7, 11) is 1.65. The average Bonchev–Trinajstić information content (AvgIpc) is 3.33. The molecule has 1 saturated heterocycles. The number of methoxy groups -OCH3 is 1. The normalized spacial score (nSPS) is 17.5. The number of aryl methyl sites for hydroxylation is 1. The molecule has 0 saturated carbocycles. The van der Waals surface area contributed by atoms with Crippen molar-refractivity contribution in [1.82, 2.24) is 15.2 Å². The van der Waals surface area contributed by atoms with Gasteiger partial charge < -0.3 is 10.1 Å². The molecule has 1 aliphatic rings. The highest BCUT2D eigenvalue weighted by Gasteiger charge is 2.27. The summed E-state index contributed by atoms with van der Waals surface area (Å²) in [6, 6.07) is 8.85. The first kappa shape index (κ1) is 21.4. The summed E-state index contributed by atoms with van der Waals surface area (Å²) in [5, 5.41) is 5.36. The minimum atomic E-state index is 0.0173. The highest BCUT2D eigenvalue weighted by atomic mass is 32.1. The number of amides is 1. The van der Waals surface area contributed by atoms with Crippen LogP contribution in [0.25, 0.3) is 10.1 Å². The van der Waals surface area contributed by atoms with Crippen LogP contribution in [0.3, 0.4) is 0 Å². The molecule has 2 aromatic heterocycles. The maximum Gasteiger partial charge on any atom is 0.261 e. The van der Waals surface area contributed by atoms with E-state index in [0.717, 1.165) is 29.4 Å². The summed E-state index contributed by atoms with van der Waals surface area (Å²) in [4.78, 5) is 22.1. The number of nitrogens with zero attached hydrogens (tertiary/aromatic N) is 2. The second-order valence-electron chi connectivity index (χ2n) is 7.82. The van der Waals surface area contributed by atoms with Crippen molar-refractivity contribution in [2.24, 2.45) is 0 Å². The van der Waals surface area contributed by atoms with E-state index in [2.05, 4.69) is 40.3 Å². The van der Waals surface area contributed by atoms with E-state index in [1.165, 1.54) is 39.8 Å². The first-order valence-corrected chi connectivity index (χ1v) is 12.2. The SMILES string of the molecule is COCCNC(=O)c1sc2ccccc2c1CC1CCCCN1Cc1cnc(C)s1. The number of nitrogens with one attached hydrogen (secondary N) is 1. The average molecular weight is 444 g/mol. The first-order valence-electron chi connectivity index (χ1n) is 10.6. The molecule has 0 aliphatic carbocycles. The Bertz CT molecular complexity index is 997. The van der Waals surface area contributed by atoms with Gasteiger partial charge in [-0.05, 0) is 49.7 Å². The molecule has 0 spiro atoms. The highest BCUT2D eigenvalue weighted by Crippen LogP contribution is 2.34. The van der Waals surface area contributed by atoms with Crippen LogP contribution in [0.4, 0.5) is 0 Å². The van der Waals surface area contributed by atoms with Crippen molar-refractivity contribution in [2.45, 2.75) is 45.2 Å². The molecular formula is C23H29N3O2S2. The Balaban J connectivity index is 1.59. The topological polar surface area (TPSA) is 54.5 Å². The number of likely N-dealkylation sites (tertiary alicyclic amines) is 1. The van der Waals surface area contributed by atoms with Crippen LogP contribution >= 0.6 is 22.7 Å². The third kappa shape index (κ3) is 4.91. The number of benzene rings is 1. The van der Waals surface area contributed by atoms with Gasteiger partial charge in [0.05, 0.1) is 16.5 Å². The predicted molar refractivity (Wildman–Crippen MR) is 125 cm³/mol. The van der Waals surface area contributed by atoms with Crippen LogP contribution in [0.5, 0.6) is 0 Å². The van der Waals surface area contributed by atoms with E-state index < -0.39 is 0 Å². The number of rotatable bonds is 8. The second kappa shape index (κ2) is 10.0. The fourth-order valence-electron chi connectivity index (χ4n) is 4.25. The molecule has 1 fully saturated rings. The maximum absolute atomic E-state index is 13.0. The van der Waals surface area contributed by atoms with Gasteiger partial charge in [0.2, 0.25) is 0 Å². The maximum atomic E-state index is 13.0. The molecule has 160 valence electrons. The van der Waals surface area contributed by atoms with E-state index in [1.54, 1.807) is 29.8 Å². The number of hydrogen-bond acceptors (Lipinski definition) is 6. The molecule has 3 heterocycles. The van der Waals surface area contributed by atoms with Gasteiger partial charge in [-0.1, -0.05) is 24.6 Å². The number of fused-ring (bicyclic) bond motifs is 1. The largest absolute Gasteiger partial charge is 0.383 e. The van der Waals surface area contributed by atoms with Crippen LogP contribution in [-0.4, -0.2) is 48.6 Å². The molecule has 1 amide bonds. The van der Waals surface area contributed by atoms with Crippen LogP contribution < -0.4 is 5.32 Å². The molecule has 1 aromatic carbocycles. The van der Waals surface area contributed by atoms with Gasteiger partial charge in [0, 0.05) is 42.0 Å². The van der Waals surface area contributed by atoms with Gasteiger partial charge in [0.15, 0.2) is 0 Å². The van der Waals surface area contributed by atoms with Gasteiger partial charge in [-0.2, -0.15) is 0 Å². The van der Waals surface area contributed by atoms with E-state index in [1.807, 2.05) is 12.3 Å². The molecule has 1 atom stereocenters. The number of carbonyl (C=O) groups is 1. The Morgan fingerprint density at radius 1 is 1.30 bits per heavy atom. The van der Waals surface area contributed by atoms with Crippen molar-refractivity contribution in [3.05, 3.63) is 50.8 Å². The molecule has 1 aliphatic heterocycles. The van der Waals surface area contributed by atoms with Crippen molar-refractivity contribution in [2.75, 3.05) is 26.8 Å². The fourth-order valence-corrected chi connectivity index (χ4v) is 6.22. The van der Waals surface area contributed by atoms with Gasteiger partial charge in [-0.3, -0.25) is 9.69 Å². The summed E-state index contributed by atoms with van der Waals surface area (Å²) in [6.45, 7) is 5.18. The molecule has 3 aromatic rings. The molecule has 5 nitrogen and oxygen atoms in total. The van der Waals surface area contributed by atoms with Crippen molar-refractivity contribution in [3.8, 4) is 0 Å². The summed E-state index contributed by atoms with van der Waals surface area (Å²) >= 11 is 3.39. The lowest BCUT2D eigenvalue weighted by atomic mass is 9.94. The lowest BCUT2D eigenvalue weighted by molar-refractivity contribution is 0.0939. The van der Waals surface area contributed by atoms with Gasteiger partial charge in [0.25, 0.3) is 5.91 Å². The van der Waals surface area contributed by atoms with Gasteiger partial charge in [-0.15, -0.1) is 22.7 Å². The molecule has 1 N–H and O–H groups in total. The standard InChI is InChI=1S/C23H29N3O2S2/c1-16-25-14-18(29-16)15-26-11-6-5-7-17(26)13-20-19-8-3-4-9-21(19)30-22(20)23(27)24-10-12-28-2/h3-4,8-9,14,17H,5-7,10-13,15H2,1-2H3,(H,24,27). The number of thiazole rings is 1. The molecule has 0 bridgehead atoms. The number of ether oxygens (including phenoxy) is 1. The van der Waals surface area contributed by atoms with Crippen LogP contribution in [0.15, 0.2) is 30.5 Å². The highest BCUT2D eigenvalue weighted by molar-refractivity contribution is 7.21. The van der Waals surface area contributed by atoms with Crippen LogP contribution in [0.1, 0.15) is 44.4 Å². The van der Waals surface area contributed by atoms with Crippen molar-refractivity contribution in [3.63, 3.8) is 0 Å². The Labute approximate surface area is 186 Å². The number of aromatic nitrogens is 1. The van der Waals surface area contributed by atoms with Crippen molar-refractivity contribution >= 4 is 38.7 Å². The van der Waals surface area contributed by atoms with E-state index in [0.29, 0.717) is 19.2 Å². The minimum Gasteiger partial charge on any atom is -0.383 e. The Hall–Kier alpha value is -1.80. The smallest absolute Gasteiger partial charge is 0.261 e. The molecular weight excluding hydrogens is 414 g/mol. The van der Waals surface area contributed by atoms with Gasteiger partial charge in [-0.25, -0.2) is 4.98 Å². The number of piperidine rings is 1. The lowest BCUT2D eigenvalue weighted by Crippen LogP contribution is -2.40. The number of carbonyl (C=O) groups excluding carboxylic acids is 1. The van der Waals surface area contributed by atoms with Crippen LogP contribution in [0.2, 0.25) is 0 Å².